The van der Waals surface area contributed by atoms with Gasteiger partial charge in [0.15, 0.2) is 5.96 Å². The zero-order valence-electron chi connectivity index (χ0n) is 13.8. The molecule has 2 heterocycles. The second kappa shape index (κ2) is 7.40. The Labute approximate surface area is 135 Å². The minimum atomic E-state index is 0.458. The first-order valence-corrected chi connectivity index (χ1v) is 8.10. The second-order valence-corrected chi connectivity index (χ2v) is 6.74. The summed E-state index contributed by atoms with van der Waals surface area (Å²) in [6.07, 6.45) is 1.57. The predicted octanol–water partition coefficient (Wildman–Crippen LogP) is 2.77. The van der Waals surface area contributed by atoms with E-state index in [2.05, 4.69) is 36.2 Å². The molecule has 22 heavy (non-hydrogen) atoms. The number of guanidine groups is 1. The first-order chi connectivity index (χ1) is 10.5. The molecule has 0 radical (unpaired) electrons. The quantitative estimate of drug-likeness (QED) is 0.677. The van der Waals surface area contributed by atoms with Gasteiger partial charge in [0.2, 0.25) is 0 Å². The normalized spacial score (nSPS) is 12.0. The Hall–Kier alpha value is -1.89. The number of hydrogen-bond donors (Lipinski definition) is 1. The molecule has 0 aliphatic rings. The number of nitrogens with one attached hydrogen (secondary N) is 1. The lowest BCUT2D eigenvalue weighted by Gasteiger charge is -2.20. The van der Waals surface area contributed by atoms with E-state index in [0.717, 1.165) is 16.7 Å². The van der Waals surface area contributed by atoms with Gasteiger partial charge in [0.25, 0.3) is 0 Å². The number of thiazole rings is 1. The molecule has 0 atom stereocenters. The highest BCUT2D eigenvalue weighted by atomic mass is 32.1. The number of hydrogen-bond acceptors (Lipinski definition) is 5. The maximum absolute atomic E-state index is 4.85. The number of aryl methyl sites for hydroxylation is 1. The summed E-state index contributed by atoms with van der Waals surface area (Å²) in [5.41, 5.74) is 2.06. The smallest absolute Gasteiger partial charge is 0.194 e. The zero-order valence-corrected chi connectivity index (χ0v) is 14.6. The van der Waals surface area contributed by atoms with Crippen molar-refractivity contribution < 1.29 is 4.52 Å². The van der Waals surface area contributed by atoms with E-state index in [9.17, 15) is 0 Å². The molecule has 2 aromatic heterocycles. The van der Waals surface area contributed by atoms with Gasteiger partial charge in [0.1, 0.15) is 17.0 Å². The highest BCUT2D eigenvalue weighted by Gasteiger charge is 2.13. The molecule has 0 saturated heterocycles. The molecule has 1 N–H and O–H groups in total. The van der Waals surface area contributed by atoms with Crippen LogP contribution in [0, 0.1) is 6.92 Å². The van der Waals surface area contributed by atoms with Crippen LogP contribution in [-0.4, -0.2) is 35.1 Å². The first-order valence-electron chi connectivity index (χ1n) is 7.28. The number of nitrogens with zero attached hydrogens (tertiary/aromatic N) is 4. The molecule has 0 fully saturated rings. The maximum atomic E-state index is 4.85. The van der Waals surface area contributed by atoms with Crippen molar-refractivity contribution in [3.8, 4) is 0 Å². The Balaban J connectivity index is 1.95. The molecule has 0 aliphatic heterocycles. The van der Waals surface area contributed by atoms with Crippen LogP contribution in [0.2, 0.25) is 0 Å². The third-order valence-corrected chi connectivity index (χ3v) is 4.27. The van der Waals surface area contributed by atoms with Crippen LogP contribution < -0.4 is 5.32 Å². The van der Waals surface area contributed by atoms with E-state index in [4.69, 9.17) is 9.51 Å². The van der Waals surface area contributed by atoms with Gasteiger partial charge in [0, 0.05) is 25.0 Å². The summed E-state index contributed by atoms with van der Waals surface area (Å²) in [6, 6.07) is 1.85. The third-order valence-electron chi connectivity index (χ3n) is 3.29. The van der Waals surface area contributed by atoms with Crippen LogP contribution in [0.15, 0.2) is 21.8 Å². The highest BCUT2D eigenvalue weighted by Crippen LogP contribution is 2.23. The van der Waals surface area contributed by atoms with Crippen LogP contribution >= 0.6 is 11.3 Å². The lowest BCUT2D eigenvalue weighted by Crippen LogP contribution is -2.38. The first kappa shape index (κ1) is 16.5. The van der Waals surface area contributed by atoms with Crippen molar-refractivity contribution in [1.29, 1.82) is 0 Å². The van der Waals surface area contributed by atoms with Crippen LogP contribution in [0.3, 0.4) is 0 Å². The van der Waals surface area contributed by atoms with E-state index in [0.29, 0.717) is 19.0 Å². The summed E-state index contributed by atoms with van der Waals surface area (Å²) in [6.45, 7) is 7.79. The van der Waals surface area contributed by atoms with Crippen molar-refractivity contribution in [2.24, 2.45) is 4.99 Å². The molecule has 0 bridgehead atoms. The number of rotatable bonds is 5. The standard InChI is InChI=1S/C15H23N5OS/c1-10(2)14-11(3)22-13(18-14)8-17-15(16-4)20(5)9-12-6-7-21-19-12/h6-7,10H,8-9H2,1-5H3,(H,16,17). The largest absolute Gasteiger partial charge is 0.364 e. The van der Waals surface area contributed by atoms with Crippen LogP contribution in [0.25, 0.3) is 0 Å². The SMILES string of the molecule is CN=C(NCc1nc(C(C)C)c(C)s1)N(C)Cc1ccon1. The molecule has 2 aromatic rings. The van der Waals surface area contributed by atoms with Crippen LogP contribution in [0.5, 0.6) is 0 Å². The monoisotopic (exact) mass is 321 g/mol. The average Bonchev–Trinajstić information content (AvgIpc) is 3.09. The van der Waals surface area contributed by atoms with Crippen LogP contribution in [0.4, 0.5) is 0 Å². The summed E-state index contributed by atoms with van der Waals surface area (Å²) in [5, 5.41) is 8.34. The molecular formula is C15H23N5OS. The summed E-state index contributed by atoms with van der Waals surface area (Å²) in [7, 11) is 3.74. The van der Waals surface area contributed by atoms with Gasteiger partial charge in [-0.15, -0.1) is 11.3 Å². The molecule has 0 spiro atoms. The Morgan fingerprint density at radius 1 is 1.50 bits per heavy atom. The number of aromatic nitrogens is 2. The lowest BCUT2D eigenvalue weighted by atomic mass is 10.1. The molecule has 120 valence electrons. The van der Waals surface area contributed by atoms with Crippen LogP contribution in [0.1, 0.15) is 41.0 Å². The van der Waals surface area contributed by atoms with Gasteiger partial charge < -0.3 is 14.7 Å². The predicted molar refractivity (Wildman–Crippen MR) is 89.1 cm³/mol. The molecule has 0 saturated carbocycles. The molecule has 0 amide bonds. The van der Waals surface area contributed by atoms with Gasteiger partial charge in [0.05, 0.1) is 18.8 Å². The van der Waals surface area contributed by atoms with E-state index in [-0.39, 0.29) is 0 Å². The van der Waals surface area contributed by atoms with Crippen molar-refractivity contribution in [3.05, 3.63) is 33.6 Å². The molecule has 7 heteroatoms. The molecule has 0 aromatic carbocycles. The lowest BCUT2D eigenvalue weighted by molar-refractivity contribution is 0.391. The van der Waals surface area contributed by atoms with E-state index < -0.39 is 0 Å². The van der Waals surface area contributed by atoms with Gasteiger partial charge in [-0.05, 0) is 12.8 Å². The molecule has 6 nitrogen and oxygen atoms in total. The molecule has 0 unspecified atom stereocenters. The van der Waals surface area contributed by atoms with Crippen molar-refractivity contribution in [1.82, 2.24) is 20.4 Å². The number of aliphatic imine (C=N–C) groups is 1. The maximum Gasteiger partial charge on any atom is 0.194 e. The van der Waals surface area contributed by atoms with Gasteiger partial charge in [-0.2, -0.15) is 0 Å². The minimum absolute atomic E-state index is 0.458. The molecule has 0 aliphatic carbocycles. The van der Waals surface area contributed by atoms with Crippen molar-refractivity contribution in [3.63, 3.8) is 0 Å². The highest BCUT2D eigenvalue weighted by molar-refractivity contribution is 7.11. The fraction of sp³-hybridized carbons (Fsp3) is 0.533. The Morgan fingerprint density at radius 2 is 2.27 bits per heavy atom. The molecule has 2 rings (SSSR count). The average molecular weight is 321 g/mol. The van der Waals surface area contributed by atoms with E-state index >= 15 is 0 Å². The Morgan fingerprint density at radius 3 is 2.82 bits per heavy atom. The summed E-state index contributed by atoms with van der Waals surface area (Å²) >= 11 is 1.74. The fourth-order valence-corrected chi connectivity index (χ4v) is 3.28. The van der Waals surface area contributed by atoms with Crippen molar-refractivity contribution in [2.75, 3.05) is 14.1 Å². The fourth-order valence-electron chi connectivity index (χ4n) is 2.25. The Bertz CT molecular complexity index is 618. The summed E-state index contributed by atoms with van der Waals surface area (Å²) < 4.78 is 4.85. The van der Waals surface area contributed by atoms with Crippen molar-refractivity contribution >= 4 is 17.3 Å². The van der Waals surface area contributed by atoms with Crippen molar-refractivity contribution in [2.45, 2.75) is 39.8 Å². The summed E-state index contributed by atoms with van der Waals surface area (Å²) in [4.78, 5) is 12.3. The minimum Gasteiger partial charge on any atom is -0.364 e. The zero-order chi connectivity index (χ0) is 16.1. The summed E-state index contributed by atoms with van der Waals surface area (Å²) in [5.74, 6) is 1.26. The third kappa shape index (κ3) is 4.07. The van der Waals surface area contributed by atoms with E-state index in [1.807, 2.05) is 18.0 Å². The van der Waals surface area contributed by atoms with Gasteiger partial charge in [-0.1, -0.05) is 19.0 Å². The van der Waals surface area contributed by atoms with Crippen LogP contribution in [-0.2, 0) is 13.1 Å². The Kier molecular flexibility index (Phi) is 5.54. The van der Waals surface area contributed by atoms with Gasteiger partial charge in [-0.3, -0.25) is 4.99 Å². The topological polar surface area (TPSA) is 66.6 Å². The van der Waals surface area contributed by atoms with Gasteiger partial charge >= 0.3 is 0 Å². The van der Waals surface area contributed by atoms with Gasteiger partial charge in [-0.25, -0.2) is 4.98 Å². The van der Waals surface area contributed by atoms with E-state index in [1.165, 1.54) is 10.6 Å². The van der Waals surface area contributed by atoms with E-state index in [1.54, 1.807) is 24.6 Å². The second-order valence-electron chi connectivity index (χ2n) is 5.45. The molecular weight excluding hydrogens is 298 g/mol.